The van der Waals surface area contributed by atoms with E-state index in [0.717, 1.165) is 11.8 Å². The molecule has 0 radical (unpaired) electrons. The lowest BCUT2D eigenvalue weighted by Gasteiger charge is -2.16. The van der Waals surface area contributed by atoms with Crippen LogP contribution in [0.25, 0.3) is 0 Å². The second-order valence-corrected chi connectivity index (χ2v) is 5.39. The van der Waals surface area contributed by atoms with Crippen LogP contribution in [0.2, 0.25) is 0 Å². The Balaban J connectivity index is 2.16. The van der Waals surface area contributed by atoms with Crippen LogP contribution in [0.4, 0.5) is 0 Å². The van der Waals surface area contributed by atoms with Gasteiger partial charge in [-0.1, -0.05) is 6.92 Å². The van der Waals surface area contributed by atoms with Gasteiger partial charge in [0.15, 0.2) is 0 Å². The van der Waals surface area contributed by atoms with E-state index in [-0.39, 0.29) is 0 Å². The van der Waals surface area contributed by atoms with Crippen LogP contribution < -0.4 is 0 Å². The SMILES string of the molecule is CSCCCC1CCC(Cl)C1C. The zero-order chi connectivity index (χ0) is 8.97. The molecule has 0 nitrogen and oxygen atoms in total. The molecule has 12 heavy (non-hydrogen) atoms. The average molecular weight is 207 g/mol. The minimum absolute atomic E-state index is 0.462. The smallest absolute Gasteiger partial charge is 0.0364 e. The molecule has 72 valence electrons. The Labute approximate surface area is 85.4 Å². The Morgan fingerprint density at radius 1 is 1.42 bits per heavy atom. The van der Waals surface area contributed by atoms with E-state index < -0.39 is 0 Å². The number of hydrogen-bond donors (Lipinski definition) is 0. The van der Waals surface area contributed by atoms with Crippen molar-refractivity contribution in [3.63, 3.8) is 0 Å². The maximum absolute atomic E-state index is 6.16. The zero-order valence-corrected chi connectivity index (χ0v) is 9.63. The van der Waals surface area contributed by atoms with Crippen LogP contribution in [-0.2, 0) is 0 Å². The second kappa shape index (κ2) is 5.39. The Hall–Kier alpha value is 0.640. The Morgan fingerprint density at radius 2 is 2.17 bits per heavy atom. The maximum Gasteiger partial charge on any atom is 0.0364 e. The molecule has 1 aliphatic rings. The van der Waals surface area contributed by atoms with E-state index in [4.69, 9.17) is 11.6 Å². The van der Waals surface area contributed by atoms with Crippen molar-refractivity contribution >= 4 is 23.4 Å². The van der Waals surface area contributed by atoms with E-state index in [1.54, 1.807) is 0 Å². The van der Waals surface area contributed by atoms with Gasteiger partial charge in [-0.25, -0.2) is 0 Å². The van der Waals surface area contributed by atoms with Crippen molar-refractivity contribution in [1.29, 1.82) is 0 Å². The van der Waals surface area contributed by atoms with Gasteiger partial charge in [0.1, 0.15) is 0 Å². The molecule has 1 aliphatic carbocycles. The van der Waals surface area contributed by atoms with Crippen LogP contribution >= 0.6 is 23.4 Å². The number of rotatable bonds is 4. The molecule has 0 N–H and O–H groups in total. The summed E-state index contributed by atoms with van der Waals surface area (Å²) in [6.45, 7) is 2.31. The number of hydrogen-bond acceptors (Lipinski definition) is 1. The van der Waals surface area contributed by atoms with Gasteiger partial charge in [-0.05, 0) is 49.5 Å². The van der Waals surface area contributed by atoms with E-state index in [2.05, 4.69) is 13.2 Å². The lowest BCUT2D eigenvalue weighted by molar-refractivity contribution is 0.391. The van der Waals surface area contributed by atoms with Gasteiger partial charge in [-0.2, -0.15) is 11.8 Å². The van der Waals surface area contributed by atoms with E-state index in [1.165, 1.54) is 31.4 Å². The lowest BCUT2D eigenvalue weighted by Crippen LogP contribution is -2.10. The van der Waals surface area contributed by atoms with Crippen molar-refractivity contribution in [2.45, 2.75) is 38.0 Å². The van der Waals surface area contributed by atoms with Crippen LogP contribution in [-0.4, -0.2) is 17.4 Å². The van der Waals surface area contributed by atoms with Crippen LogP contribution in [0.3, 0.4) is 0 Å². The van der Waals surface area contributed by atoms with Crippen molar-refractivity contribution in [1.82, 2.24) is 0 Å². The third-order valence-electron chi connectivity index (χ3n) is 3.05. The summed E-state index contributed by atoms with van der Waals surface area (Å²) < 4.78 is 0. The second-order valence-electron chi connectivity index (χ2n) is 3.85. The highest BCUT2D eigenvalue weighted by atomic mass is 35.5. The first-order valence-electron chi connectivity index (χ1n) is 4.88. The summed E-state index contributed by atoms with van der Waals surface area (Å²) in [5.41, 5.74) is 0. The van der Waals surface area contributed by atoms with Crippen LogP contribution in [0.5, 0.6) is 0 Å². The van der Waals surface area contributed by atoms with Crippen LogP contribution in [0, 0.1) is 11.8 Å². The van der Waals surface area contributed by atoms with E-state index in [1.807, 2.05) is 11.8 Å². The largest absolute Gasteiger partial charge is 0.165 e. The third-order valence-corrected chi connectivity index (χ3v) is 4.36. The standard InChI is InChI=1S/C10H19ClS/c1-8-9(4-3-7-12-2)5-6-10(8)11/h8-10H,3-7H2,1-2H3. The van der Waals surface area contributed by atoms with Crippen molar-refractivity contribution in [3.05, 3.63) is 0 Å². The number of halogens is 1. The Morgan fingerprint density at radius 3 is 2.67 bits per heavy atom. The molecule has 1 fully saturated rings. The topological polar surface area (TPSA) is 0 Å². The lowest BCUT2D eigenvalue weighted by atomic mass is 9.93. The van der Waals surface area contributed by atoms with Gasteiger partial charge in [0.05, 0.1) is 0 Å². The monoisotopic (exact) mass is 206 g/mol. The van der Waals surface area contributed by atoms with Crippen LogP contribution in [0.1, 0.15) is 32.6 Å². The van der Waals surface area contributed by atoms with Crippen LogP contribution in [0.15, 0.2) is 0 Å². The summed E-state index contributed by atoms with van der Waals surface area (Å²) in [5.74, 6) is 2.99. The van der Waals surface area contributed by atoms with Gasteiger partial charge in [0, 0.05) is 5.38 Å². The van der Waals surface area contributed by atoms with Crippen molar-refractivity contribution in [2.24, 2.45) is 11.8 Å². The highest BCUT2D eigenvalue weighted by Gasteiger charge is 2.30. The fourth-order valence-electron chi connectivity index (χ4n) is 2.09. The molecule has 0 amide bonds. The predicted molar refractivity (Wildman–Crippen MR) is 59.1 cm³/mol. The average Bonchev–Trinajstić information content (AvgIpc) is 2.36. The van der Waals surface area contributed by atoms with Gasteiger partial charge in [-0.15, -0.1) is 11.6 Å². The van der Waals surface area contributed by atoms with Crippen molar-refractivity contribution in [2.75, 3.05) is 12.0 Å². The highest BCUT2D eigenvalue weighted by molar-refractivity contribution is 7.98. The minimum Gasteiger partial charge on any atom is -0.165 e. The zero-order valence-electron chi connectivity index (χ0n) is 8.05. The molecule has 0 aromatic rings. The number of thioether (sulfide) groups is 1. The molecule has 0 aliphatic heterocycles. The molecule has 0 aromatic heterocycles. The summed E-state index contributed by atoms with van der Waals surface area (Å²) in [4.78, 5) is 0. The molecular formula is C10H19ClS. The summed E-state index contributed by atoms with van der Waals surface area (Å²) >= 11 is 8.12. The molecule has 2 heteroatoms. The van der Waals surface area contributed by atoms with Gasteiger partial charge in [0.25, 0.3) is 0 Å². The van der Waals surface area contributed by atoms with Crippen molar-refractivity contribution < 1.29 is 0 Å². The summed E-state index contributed by atoms with van der Waals surface area (Å²) in [7, 11) is 0. The molecule has 0 aromatic carbocycles. The third kappa shape index (κ3) is 2.85. The Bertz CT molecular complexity index is 127. The quantitative estimate of drug-likeness (QED) is 0.499. The molecule has 0 bridgehead atoms. The fraction of sp³-hybridized carbons (Fsp3) is 1.00. The van der Waals surface area contributed by atoms with E-state index >= 15 is 0 Å². The Kier molecular flexibility index (Phi) is 4.81. The predicted octanol–water partition coefficient (Wildman–Crippen LogP) is 3.78. The molecular weight excluding hydrogens is 188 g/mol. The van der Waals surface area contributed by atoms with Gasteiger partial charge in [-0.3, -0.25) is 0 Å². The van der Waals surface area contributed by atoms with E-state index in [0.29, 0.717) is 5.38 Å². The van der Waals surface area contributed by atoms with Crippen molar-refractivity contribution in [3.8, 4) is 0 Å². The summed E-state index contributed by atoms with van der Waals surface area (Å²) in [6, 6.07) is 0. The first-order valence-corrected chi connectivity index (χ1v) is 6.71. The minimum atomic E-state index is 0.462. The van der Waals surface area contributed by atoms with Gasteiger partial charge in [0.2, 0.25) is 0 Å². The molecule has 0 spiro atoms. The highest BCUT2D eigenvalue weighted by Crippen LogP contribution is 2.37. The molecule has 3 unspecified atom stereocenters. The fourth-order valence-corrected chi connectivity index (χ4v) is 2.88. The van der Waals surface area contributed by atoms with Gasteiger partial charge >= 0.3 is 0 Å². The normalized spacial score (nSPS) is 35.8. The molecule has 1 saturated carbocycles. The molecule has 3 atom stereocenters. The summed E-state index contributed by atoms with van der Waals surface area (Å²) in [6.07, 6.45) is 7.56. The first-order chi connectivity index (χ1) is 5.75. The first kappa shape index (κ1) is 10.7. The van der Waals surface area contributed by atoms with Gasteiger partial charge < -0.3 is 0 Å². The molecule has 0 heterocycles. The van der Waals surface area contributed by atoms with E-state index in [9.17, 15) is 0 Å². The molecule has 0 saturated heterocycles. The number of alkyl halides is 1. The summed E-state index contributed by atoms with van der Waals surface area (Å²) in [5, 5.41) is 0.462. The maximum atomic E-state index is 6.16. The molecule has 1 rings (SSSR count).